The standard InChI is InChI=1S/C19H17FN4O3S/c1-11(18(25)21-14-7-8-15-16(9-14)27-10-26-15)28-19-23-22-17(24(19)2)12-3-5-13(20)6-4-12/h3-9,11H,10H2,1-2H3,(H,21,25)/t11-/m1/s1. The number of hydrogen-bond donors (Lipinski definition) is 1. The minimum absolute atomic E-state index is 0.171. The number of carbonyl (C=O) groups excluding carboxylic acids is 1. The second kappa shape index (κ2) is 7.51. The fourth-order valence-electron chi connectivity index (χ4n) is 2.70. The number of halogens is 1. The molecule has 1 aliphatic rings. The van der Waals surface area contributed by atoms with Crippen molar-refractivity contribution in [1.82, 2.24) is 14.8 Å². The second-order valence-corrected chi connectivity index (χ2v) is 7.50. The molecule has 7 nitrogen and oxygen atoms in total. The molecule has 4 rings (SSSR count). The molecule has 1 amide bonds. The smallest absolute Gasteiger partial charge is 0.237 e. The lowest BCUT2D eigenvalue weighted by atomic mass is 10.2. The predicted molar refractivity (Wildman–Crippen MR) is 103 cm³/mol. The van der Waals surface area contributed by atoms with Gasteiger partial charge in [0.15, 0.2) is 22.5 Å². The van der Waals surface area contributed by atoms with Gasteiger partial charge < -0.3 is 19.4 Å². The third-order valence-electron chi connectivity index (χ3n) is 4.23. The van der Waals surface area contributed by atoms with Crippen molar-refractivity contribution in [3.63, 3.8) is 0 Å². The predicted octanol–water partition coefficient (Wildman–Crippen LogP) is 3.47. The molecule has 9 heteroatoms. The van der Waals surface area contributed by atoms with Crippen molar-refractivity contribution >= 4 is 23.4 Å². The Morgan fingerprint density at radius 3 is 2.71 bits per heavy atom. The first-order valence-electron chi connectivity index (χ1n) is 8.54. The van der Waals surface area contributed by atoms with E-state index in [2.05, 4.69) is 15.5 Å². The van der Waals surface area contributed by atoms with Gasteiger partial charge in [0.25, 0.3) is 0 Å². The van der Waals surface area contributed by atoms with Gasteiger partial charge in [0.2, 0.25) is 12.7 Å². The Balaban J connectivity index is 1.44. The van der Waals surface area contributed by atoms with Crippen LogP contribution in [0.3, 0.4) is 0 Å². The number of ether oxygens (including phenoxy) is 2. The number of amides is 1. The Morgan fingerprint density at radius 2 is 1.93 bits per heavy atom. The number of rotatable bonds is 5. The van der Waals surface area contributed by atoms with Crippen LogP contribution in [0.5, 0.6) is 11.5 Å². The highest BCUT2D eigenvalue weighted by Gasteiger charge is 2.21. The lowest BCUT2D eigenvalue weighted by Gasteiger charge is -2.12. The van der Waals surface area contributed by atoms with Gasteiger partial charge >= 0.3 is 0 Å². The number of thioether (sulfide) groups is 1. The third kappa shape index (κ3) is 3.65. The van der Waals surface area contributed by atoms with Gasteiger partial charge in [-0.2, -0.15) is 0 Å². The molecular weight excluding hydrogens is 383 g/mol. The minimum atomic E-state index is -0.408. The van der Waals surface area contributed by atoms with Gasteiger partial charge in [-0.3, -0.25) is 4.79 Å². The van der Waals surface area contributed by atoms with Gasteiger partial charge in [-0.05, 0) is 43.3 Å². The summed E-state index contributed by atoms with van der Waals surface area (Å²) < 4.78 is 25.5. The molecule has 144 valence electrons. The van der Waals surface area contributed by atoms with E-state index in [-0.39, 0.29) is 18.5 Å². The summed E-state index contributed by atoms with van der Waals surface area (Å²) in [6, 6.07) is 11.3. The van der Waals surface area contributed by atoms with Crippen molar-refractivity contribution in [3.8, 4) is 22.9 Å². The van der Waals surface area contributed by atoms with Gasteiger partial charge in [0.05, 0.1) is 5.25 Å². The highest BCUT2D eigenvalue weighted by molar-refractivity contribution is 8.00. The first kappa shape index (κ1) is 18.3. The van der Waals surface area contributed by atoms with Crippen LogP contribution < -0.4 is 14.8 Å². The van der Waals surface area contributed by atoms with Crippen LogP contribution in [0.1, 0.15) is 6.92 Å². The van der Waals surface area contributed by atoms with Crippen molar-refractivity contribution in [1.29, 1.82) is 0 Å². The zero-order valence-corrected chi connectivity index (χ0v) is 16.0. The molecule has 0 saturated carbocycles. The average Bonchev–Trinajstić information content (AvgIpc) is 3.29. The van der Waals surface area contributed by atoms with E-state index < -0.39 is 5.25 Å². The van der Waals surface area contributed by atoms with Gasteiger partial charge in [-0.25, -0.2) is 4.39 Å². The van der Waals surface area contributed by atoms with E-state index in [1.54, 1.807) is 41.8 Å². The quantitative estimate of drug-likeness (QED) is 0.661. The van der Waals surface area contributed by atoms with Crippen LogP contribution in [0, 0.1) is 5.82 Å². The minimum Gasteiger partial charge on any atom is -0.454 e. The molecule has 0 fully saturated rings. The number of benzene rings is 2. The maximum absolute atomic E-state index is 13.1. The molecule has 0 saturated heterocycles. The molecule has 0 unspecified atom stereocenters. The maximum atomic E-state index is 13.1. The van der Waals surface area contributed by atoms with Crippen LogP contribution >= 0.6 is 11.8 Å². The molecule has 1 atom stereocenters. The van der Waals surface area contributed by atoms with Crippen LogP contribution in [0.4, 0.5) is 10.1 Å². The van der Waals surface area contributed by atoms with Crippen molar-refractivity contribution in [2.75, 3.05) is 12.1 Å². The molecule has 2 heterocycles. The summed E-state index contributed by atoms with van der Waals surface area (Å²) in [5, 5.41) is 11.4. The first-order valence-corrected chi connectivity index (χ1v) is 9.42. The third-order valence-corrected chi connectivity index (χ3v) is 5.36. The van der Waals surface area contributed by atoms with Crippen molar-refractivity contribution in [3.05, 3.63) is 48.3 Å². The van der Waals surface area contributed by atoms with E-state index in [1.165, 1.54) is 23.9 Å². The zero-order valence-electron chi connectivity index (χ0n) is 15.2. The van der Waals surface area contributed by atoms with Crippen molar-refractivity contribution in [2.45, 2.75) is 17.3 Å². The monoisotopic (exact) mass is 400 g/mol. The summed E-state index contributed by atoms with van der Waals surface area (Å²) in [6.07, 6.45) is 0. The molecule has 0 aliphatic carbocycles. The number of anilines is 1. The molecule has 3 aromatic rings. The summed E-state index contributed by atoms with van der Waals surface area (Å²) in [4.78, 5) is 12.5. The van der Waals surface area contributed by atoms with E-state index in [0.717, 1.165) is 5.56 Å². The lowest BCUT2D eigenvalue weighted by molar-refractivity contribution is -0.115. The van der Waals surface area contributed by atoms with Crippen LogP contribution in [0.25, 0.3) is 11.4 Å². The fraction of sp³-hybridized carbons (Fsp3) is 0.211. The largest absolute Gasteiger partial charge is 0.454 e. The summed E-state index contributed by atoms with van der Waals surface area (Å²) in [5.74, 6) is 1.39. The molecular formula is C19H17FN4O3S. The van der Waals surface area contributed by atoms with Crippen molar-refractivity contribution in [2.24, 2.45) is 7.05 Å². The fourth-order valence-corrected chi connectivity index (χ4v) is 3.51. The molecule has 2 aromatic carbocycles. The van der Waals surface area contributed by atoms with Crippen LogP contribution in [0.2, 0.25) is 0 Å². The number of fused-ring (bicyclic) bond motifs is 1. The Bertz CT molecular complexity index is 1020. The Morgan fingerprint density at radius 1 is 1.18 bits per heavy atom. The Kier molecular flexibility index (Phi) is 4.91. The van der Waals surface area contributed by atoms with E-state index in [1.807, 2.05) is 7.05 Å². The highest BCUT2D eigenvalue weighted by atomic mass is 32.2. The number of nitrogens with zero attached hydrogens (tertiary/aromatic N) is 3. The van der Waals surface area contributed by atoms with E-state index in [4.69, 9.17) is 9.47 Å². The van der Waals surface area contributed by atoms with E-state index >= 15 is 0 Å². The van der Waals surface area contributed by atoms with Crippen LogP contribution in [-0.4, -0.2) is 32.7 Å². The molecule has 1 aliphatic heterocycles. The number of hydrogen-bond acceptors (Lipinski definition) is 6. The topological polar surface area (TPSA) is 78.3 Å². The average molecular weight is 400 g/mol. The highest BCUT2D eigenvalue weighted by Crippen LogP contribution is 2.34. The van der Waals surface area contributed by atoms with Gasteiger partial charge in [-0.1, -0.05) is 11.8 Å². The Labute approximate surface area is 164 Å². The SMILES string of the molecule is C[C@@H](Sc1nnc(-c2ccc(F)cc2)n1C)C(=O)Nc1ccc2c(c1)OCO2. The number of carbonyl (C=O) groups is 1. The lowest BCUT2D eigenvalue weighted by Crippen LogP contribution is -2.22. The summed E-state index contributed by atoms with van der Waals surface area (Å²) >= 11 is 1.29. The maximum Gasteiger partial charge on any atom is 0.237 e. The van der Waals surface area contributed by atoms with Gasteiger partial charge in [-0.15, -0.1) is 10.2 Å². The number of nitrogens with one attached hydrogen (secondary N) is 1. The van der Waals surface area contributed by atoms with Crippen molar-refractivity contribution < 1.29 is 18.7 Å². The second-order valence-electron chi connectivity index (χ2n) is 6.19. The molecule has 1 N–H and O–H groups in total. The molecule has 28 heavy (non-hydrogen) atoms. The number of aromatic nitrogens is 3. The zero-order chi connectivity index (χ0) is 19.7. The van der Waals surface area contributed by atoms with Crippen LogP contribution in [0.15, 0.2) is 47.6 Å². The molecule has 1 aromatic heterocycles. The molecule has 0 radical (unpaired) electrons. The van der Waals surface area contributed by atoms with Gasteiger partial charge in [0.1, 0.15) is 5.82 Å². The van der Waals surface area contributed by atoms with E-state index in [0.29, 0.717) is 28.2 Å². The summed E-state index contributed by atoms with van der Waals surface area (Å²) in [7, 11) is 1.81. The van der Waals surface area contributed by atoms with Crippen LogP contribution in [-0.2, 0) is 11.8 Å². The molecule has 0 spiro atoms. The van der Waals surface area contributed by atoms with Gasteiger partial charge in [0, 0.05) is 24.4 Å². The Hall–Kier alpha value is -3.07. The molecule has 0 bridgehead atoms. The normalized spacial score (nSPS) is 13.4. The summed E-state index contributed by atoms with van der Waals surface area (Å²) in [6.45, 7) is 1.97. The first-order chi connectivity index (χ1) is 13.5. The van der Waals surface area contributed by atoms with E-state index in [9.17, 15) is 9.18 Å². The summed E-state index contributed by atoms with van der Waals surface area (Å²) in [5.41, 5.74) is 1.38.